The Morgan fingerprint density at radius 2 is 1.76 bits per heavy atom. The summed E-state index contributed by atoms with van der Waals surface area (Å²) < 4.78 is 30.8. The summed E-state index contributed by atoms with van der Waals surface area (Å²) in [6.45, 7) is 2.52. The molecular formula is C11H12ClN5O3S. The summed E-state index contributed by atoms with van der Waals surface area (Å²) in [6.07, 6.45) is 0. The summed E-state index contributed by atoms with van der Waals surface area (Å²) >= 11 is 5.78. The minimum atomic E-state index is -4.21. The molecule has 0 saturated carbocycles. The number of anilines is 3. The number of benzene rings is 1. The predicted octanol–water partition coefficient (Wildman–Crippen LogP) is 1.95. The van der Waals surface area contributed by atoms with Crippen LogP contribution in [0, 0.1) is 0 Å². The van der Waals surface area contributed by atoms with E-state index in [0.29, 0.717) is 18.2 Å². The number of hydrogen-bond acceptors (Lipinski definition) is 7. The summed E-state index contributed by atoms with van der Waals surface area (Å²) in [6, 6.07) is 5.44. The largest absolute Gasteiger partial charge is 0.354 e. The summed E-state index contributed by atoms with van der Waals surface area (Å²) in [5, 5.41) is 5.79. The molecule has 3 N–H and O–H groups in total. The van der Waals surface area contributed by atoms with Gasteiger partial charge >= 0.3 is 0 Å². The Hall–Kier alpha value is -1.97. The van der Waals surface area contributed by atoms with Crippen molar-refractivity contribution in [3.63, 3.8) is 0 Å². The number of nitrogens with zero attached hydrogens (tertiary/aromatic N) is 3. The molecule has 0 amide bonds. The summed E-state index contributed by atoms with van der Waals surface area (Å²) in [5.74, 6) is 0.542. The Morgan fingerprint density at radius 3 is 2.33 bits per heavy atom. The van der Waals surface area contributed by atoms with E-state index in [1.165, 1.54) is 24.3 Å². The highest BCUT2D eigenvalue weighted by Crippen LogP contribution is 2.18. The van der Waals surface area contributed by atoms with Gasteiger partial charge in [0.05, 0.1) is 4.90 Å². The quantitative estimate of drug-likeness (QED) is 0.712. The number of rotatable bonds is 5. The fraction of sp³-hybridized carbons (Fsp3) is 0.182. The van der Waals surface area contributed by atoms with Gasteiger partial charge in [0.15, 0.2) is 0 Å². The first-order valence-electron chi connectivity index (χ1n) is 5.88. The molecule has 8 nitrogen and oxygen atoms in total. The molecule has 0 unspecified atom stereocenters. The smallest absolute Gasteiger partial charge is 0.294 e. The van der Waals surface area contributed by atoms with E-state index < -0.39 is 10.1 Å². The van der Waals surface area contributed by atoms with Gasteiger partial charge in [-0.2, -0.15) is 23.4 Å². The zero-order chi connectivity index (χ0) is 15.5. The molecule has 0 saturated heterocycles. The third-order valence-electron chi connectivity index (χ3n) is 2.35. The third kappa shape index (κ3) is 4.25. The molecule has 0 atom stereocenters. The minimum absolute atomic E-state index is 0.0259. The average molecular weight is 330 g/mol. The Labute approximate surface area is 126 Å². The first-order chi connectivity index (χ1) is 9.88. The molecule has 2 rings (SSSR count). The standard InChI is InChI=1S/C11H12ClN5O3S/c1-2-13-10-15-9(12)16-11(17-10)14-7-3-5-8(6-4-7)21(18,19)20/h3-6H,2H2,1H3,(H,18,19,20)(H2,13,14,15,16,17). The van der Waals surface area contributed by atoms with Gasteiger partial charge in [-0.1, -0.05) is 0 Å². The highest BCUT2D eigenvalue weighted by atomic mass is 35.5. The van der Waals surface area contributed by atoms with Crippen molar-refractivity contribution in [2.24, 2.45) is 0 Å². The van der Waals surface area contributed by atoms with E-state index in [9.17, 15) is 8.42 Å². The zero-order valence-corrected chi connectivity index (χ0v) is 12.5. The maximum atomic E-state index is 10.9. The lowest BCUT2D eigenvalue weighted by atomic mass is 10.3. The monoisotopic (exact) mass is 329 g/mol. The molecule has 0 fully saturated rings. The molecule has 0 aliphatic rings. The molecule has 1 aromatic carbocycles. The van der Waals surface area contributed by atoms with Crippen molar-refractivity contribution in [1.29, 1.82) is 0 Å². The van der Waals surface area contributed by atoms with E-state index in [4.69, 9.17) is 16.2 Å². The second kappa shape index (κ2) is 6.20. The van der Waals surface area contributed by atoms with E-state index >= 15 is 0 Å². The van der Waals surface area contributed by atoms with Gasteiger partial charge in [-0.15, -0.1) is 0 Å². The fourth-order valence-electron chi connectivity index (χ4n) is 1.48. The molecule has 0 aliphatic heterocycles. The van der Waals surface area contributed by atoms with Gasteiger partial charge in [0, 0.05) is 12.2 Å². The van der Waals surface area contributed by atoms with Gasteiger partial charge in [0.1, 0.15) is 0 Å². The van der Waals surface area contributed by atoms with Gasteiger partial charge in [0.25, 0.3) is 10.1 Å². The maximum absolute atomic E-state index is 10.9. The SMILES string of the molecule is CCNc1nc(Cl)nc(Nc2ccc(S(=O)(=O)O)cc2)n1. The first kappa shape index (κ1) is 15.4. The van der Waals surface area contributed by atoms with Crippen LogP contribution in [0.4, 0.5) is 17.6 Å². The van der Waals surface area contributed by atoms with Crippen molar-refractivity contribution in [2.45, 2.75) is 11.8 Å². The van der Waals surface area contributed by atoms with E-state index in [2.05, 4.69) is 25.6 Å². The number of aromatic nitrogens is 3. The van der Waals surface area contributed by atoms with Crippen LogP contribution in [-0.2, 0) is 10.1 Å². The fourth-order valence-corrected chi connectivity index (χ4v) is 2.12. The molecular weight excluding hydrogens is 318 g/mol. The lowest BCUT2D eigenvalue weighted by Gasteiger charge is -2.07. The topological polar surface area (TPSA) is 117 Å². The van der Waals surface area contributed by atoms with Crippen molar-refractivity contribution in [2.75, 3.05) is 17.2 Å². The van der Waals surface area contributed by atoms with Crippen LogP contribution in [-0.4, -0.2) is 34.5 Å². The van der Waals surface area contributed by atoms with Crippen LogP contribution >= 0.6 is 11.6 Å². The molecule has 0 aliphatic carbocycles. The molecule has 112 valence electrons. The van der Waals surface area contributed by atoms with Crippen molar-refractivity contribution in [1.82, 2.24) is 15.0 Å². The van der Waals surface area contributed by atoms with E-state index in [-0.39, 0.29) is 16.1 Å². The molecule has 0 bridgehead atoms. The van der Waals surface area contributed by atoms with Crippen LogP contribution in [0.1, 0.15) is 6.92 Å². The number of nitrogens with one attached hydrogen (secondary N) is 2. The van der Waals surface area contributed by atoms with Gasteiger partial charge in [-0.05, 0) is 42.8 Å². The van der Waals surface area contributed by atoms with Crippen LogP contribution < -0.4 is 10.6 Å². The van der Waals surface area contributed by atoms with E-state index in [0.717, 1.165) is 0 Å². The molecule has 1 aromatic heterocycles. The summed E-state index contributed by atoms with van der Waals surface area (Å²) in [7, 11) is -4.21. The predicted molar refractivity (Wildman–Crippen MR) is 78.5 cm³/mol. The maximum Gasteiger partial charge on any atom is 0.294 e. The van der Waals surface area contributed by atoms with Crippen LogP contribution in [0.15, 0.2) is 29.2 Å². The van der Waals surface area contributed by atoms with Crippen LogP contribution in [0.2, 0.25) is 5.28 Å². The second-order valence-electron chi connectivity index (χ2n) is 3.91. The molecule has 0 radical (unpaired) electrons. The van der Waals surface area contributed by atoms with Gasteiger partial charge in [-0.3, -0.25) is 4.55 Å². The third-order valence-corrected chi connectivity index (χ3v) is 3.39. The van der Waals surface area contributed by atoms with Crippen molar-refractivity contribution < 1.29 is 13.0 Å². The van der Waals surface area contributed by atoms with E-state index in [1.54, 1.807) is 0 Å². The lowest BCUT2D eigenvalue weighted by Crippen LogP contribution is -2.06. The van der Waals surface area contributed by atoms with E-state index in [1.807, 2.05) is 6.92 Å². The molecule has 0 spiro atoms. The van der Waals surface area contributed by atoms with Gasteiger partial charge in [-0.25, -0.2) is 0 Å². The Bertz CT molecular complexity index is 736. The zero-order valence-electron chi connectivity index (χ0n) is 10.9. The Balaban J connectivity index is 2.22. The van der Waals surface area contributed by atoms with Crippen molar-refractivity contribution in [3.8, 4) is 0 Å². The molecule has 10 heteroatoms. The molecule has 1 heterocycles. The van der Waals surface area contributed by atoms with Crippen LogP contribution in [0.3, 0.4) is 0 Å². The summed E-state index contributed by atoms with van der Waals surface area (Å²) in [5.41, 5.74) is 0.534. The number of hydrogen-bond donors (Lipinski definition) is 3. The van der Waals surface area contributed by atoms with Crippen LogP contribution in [0.5, 0.6) is 0 Å². The van der Waals surface area contributed by atoms with Crippen LogP contribution in [0.25, 0.3) is 0 Å². The van der Waals surface area contributed by atoms with Gasteiger partial charge < -0.3 is 10.6 Å². The highest BCUT2D eigenvalue weighted by Gasteiger charge is 2.09. The molecule has 2 aromatic rings. The normalized spacial score (nSPS) is 11.2. The molecule has 21 heavy (non-hydrogen) atoms. The Kier molecular flexibility index (Phi) is 4.56. The van der Waals surface area contributed by atoms with Crippen molar-refractivity contribution in [3.05, 3.63) is 29.5 Å². The van der Waals surface area contributed by atoms with Gasteiger partial charge in [0.2, 0.25) is 17.2 Å². The minimum Gasteiger partial charge on any atom is -0.354 e. The highest BCUT2D eigenvalue weighted by molar-refractivity contribution is 7.85. The first-order valence-corrected chi connectivity index (χ1v) is 7.70. The average Bonchev–Trinajstić information content (AvgIpc) is 2.38. The number of halogens is 1. The second-order valence-corrected chi connectivity index (χ2v) is 5.67. The lowest BCUT2D eigenvalue weighted by molar-refractivity contribution is 0.483. The Morgan fingerprint density at radius 1 is 1.14 bits per heavy atom. The van der Waals surface area contributed by atoms with Crippen molar-refractivity contribution >= 4 is 39.3 Å². The summed E-state index contributed by atoms with van der Waals surface area (Å²) in [4.78, 5) is 11.7.